The molecule has 0 amide bonds. The predicted molar refractivity (Wildman–Crippen MR) is 30.6 cm³/mol. The maximum atomic E-state index is 10.1. The molecule has 0 atom stereocenters. The van der Waals surface area contributed by atoms with E-state index in [0.717, 1.165) is 14.2 Å². The number of phosphoric ester groups is 1. The van der Waals surface area contributed by atoms with Gasteiger partial charge in [0.1, 0.15) is 0 Å². The molecule has 0 bridgehead atoms. The van der Waals surface area contributed by atoms with Gasteiger partial charge in [0.05, 0.1) is 0 Å². The molecule has 0 aliphatic carbocycles. The van der Waals surface area contributed by atoms with Crippen molar-refractivity contribution in [1.82, 2.24) is 0 Å². The molecule has 55 valence electrons. The Hall–Kier alpha value is 1.21. The monoisotopic (exact) mass is 231 g/mol. The van der Waals surface area contributed by atoms with E-state index in [1.807, 2.05) is 0 Å². The smallest absolute Gasteiger partial charge is 0.303 e. The van der Waals surface area contributed by atoms with Crippen LogP contribution in [0.15, 0.2) is 0 Å². The molecule has 0 aliphatic rings. The molecular formula is C3H11O4PY. The summed E-state index contributed by atoms with van der Waals surface area (Å²) >= 11 is 0. The van der Waals surface area contributed by atoms with Crippen LogP contribution in [0.4, 0.5) is 0 Å². The van der Waals surface area contributed by atoms with Crippen LogP contribution in [0, 0.1) is 0 Å². The zero-order valence-corrected chi connectivity index (χ0v) is 8.43. The van der Waals surface area contributed by atoms with Crippen LogP contribution < -0.4 is 0 Å². The average molecular weight is 231 g/mol. The zero-order valence-electron chi connectivity index (χ0n) is 4.70. The van der Waals surface area contributed by atoms with E-state index in [2.05, 4.69) is 9.05 Å². The first-order valence-corrected chi connectivity index (χ1v) is 3.06. The van der Waals surface area contributed by atoms with Gasteiger partial charge in [0, 0.05) is 46.9 Å². The molecule has 0 aromatic heterocycles. The SMILES string of the molecule is C.COP(=O)(O)OC.[Y]. The Morgan fingerprint density at radius 3 is 1.56 bits per heavy atom. The van der Waals surface area contributed by atoms with Gasteiger partial charge in [-0.1, -0.05) is 7.43 Å². The predicted octanol–water partition coefficient (Wildman–Crippen LogP) is 1.01. The molecule has 0 saturated heterocycles. The Morgan fingerprint density at radius 2 is 1.56 bits per heavy atom. The van der Waals surface area contributed by atoms with E-state index in [9.17, 15) is 4.57 Å². The van der Waals surface area contributed by atoms with Crippen molar-refractivity contribution < 1.29 is 51.2 Å². The van der Waals surface area contributed by atoms with Crippen molar-refractivity contribution in [2.24, 2.45) is 0 Å². The van der Waals surface area contributed by atoms with Crippen LogP contribution in [-0.4, -0.2) is 19.1 Å². The molecule has 0 fully saturated rings. The van der Waals surface area contributed by atoms with Gasteiger partial charge in [0.15, 0.2) is 0 Å². The van der Waals surface area contributed by atoms with E-state index in [1.54, 1.807) is 0 Å². The number of hydrogen-bond acceptors (Lipinski definition) is 3. The first kappa shape index (κ1) is 16.7. The van der Waals surface area contributed by atoms with Gasteiger partial charge < -0.3 is 4.89 Å². The third-order valence-electron chi connectivity index (χ3n) is 0.461. The van der Waals surface area contributed by atoms with Gasteiger partial charge in [0.2, 0.25) is 0 Å². The van der Waals surface area contributed by atoms with E-state index < -0.39 is 7.82 Å². The molecule has 1 radical (unpaired) electrons. The van der Waals surface area contributed by atoms with Crippen LogP contribution in [0.25, 0.3) is 0 Å². The fraction of sp³-hybridized carbons (Fsp3) is 1.00. The van der Waals surface area contributed by atoms with Crippen LogP contribution in [0.1, 0.15) is 7.43 Å². The first-order chi connectivity index (χ1) is 3.12. The van der Waals surface area contributed by atoms with Crippen molar-refractivity contribution in [3.05, 3.63) is 0 Å². The summed E-state index contributed by atoms with van der Waals surface area (Å²) in [4.78, 5) is 8.24. The van der Waals surface area contributed by atoms with Crippen molar-refractivity contribution >= 4 is 7.82 Å². The second-order valence-corrected chi connectivity index (χ2v) is 2.50. The van der Waals surface area contributed by atoms with Crippen molar-refractivity contribution in [2.45, 2.75) is 7.43 Å². The van der Waals surface area contributed by atoms with Crippen LogP contribution in [-0.2, 0) is 46.3 Å². The summed E-state index contributed by atoms with van der Waals surface area (Å²) in [6.07, 6.45) is 0. The molecule has 9 heavy (non-hydrogen) atoms. The summed E-state index contributed by atoms with van der Waals surface area (Å²) in [6, 6.07) is 0. The zero-order chi connectivity index (χ0) is 5.91. The van der Waals surface area contributed by atoms with E-state index in [-0.39, 0.29) is 40.1 Å². The summed E-state index contributed by atoms with van der Waals surface area (Å²) in [7, 11) is -1.45. The molecule has 0 unspecified atom stereocenters. The van der Waals surface area contributed by atoms with E-state index in [4.69, 9.17) is 4.89 Å². The van der Waals surface area contributed by atoms with Gasteiger partial charge in [-0.15, -0.1) is 0 Å². The minimum atomic E-state index is -3.65. The largest absolute Gasteiger partial charge is 0.471 e. The fourth-order valence-electron chi connectivity index (χ4n) is 0.0745. The van der Waals surface area contributed by atoms with Crippen LogP contribution in [0.3, 0.4) is 0 Å². The Balaban J connectivity index is -0.000000180. The minimum absolute atomic E-state index is 0. The molecule has 0 aromatic rings. The van der Waals surface area contributed by atoms with Gasteiger partial charge >= 0.3 is 7.82 Å². The Morgan fingerprint density at radius 1 is 1.33 bits per heavy atom. The Labute approximate surface area is 80.4 Å². The summed E-state index contributed by atoms with van der Waals surface area (Å²) in [6.45, 7) is 0. The number of hydrogen-bond donors (Lipinski definition) is 1. The molecule has 0 rings (SSSR count). The van der Waals surface area contributed by atoms with Gasteiger partial charge in [-0.05, 0) is 0 Å². The quantitative estimate of drug-likeness (QED) is 0.720. The molecule has 6 heteroatoms. The second-order valence-electron chi connectivity index (χ2n) is 0.834. The van der Waals surface area contributed by atoms with Crippen LogP contribution in [0.5, 0.6) is 0 Å². The van der Waals surface area contributed by atoms with Crippen molar-refractivity contribution in [2.75, 3.05) is 14.2 Å². The number of phosphoric acid groups is 1. The Bertz CT molecular complexity index is 87.8. The van der Waals surface area contributed by atoms with Gasteiger partial charge in [-0.25, -0.2) is 4.57 Å². The molecule has 0 spiro atoms. The summed E-state index contributed by atoms with van der Waals surface area (Å²) in [5, 5.41) is 0. The van der Waals surface area contributed by atoms with Gasteiger partial charge in [-0.2, -0.15) is 0 Å². The molecule has 0 saturated carbocycles. The third kappa shape index (κ3) is 9.21. The van der Waals surface area contributed by atoms with E-state index in [0.29, 0.717) is 0 Å². The van der Waals surface area contributed by atoms with Crippen molar-refractivity contribution in [3.8, 4) is 0 Å². The average Bonchev–Trinajstić information content (AvgIpc) is 1.68. The first-order valence-electron chi connectivity index (χ1n) is 1.56. The van der Waals surface area contributed by atoms with Gasteiger partial charge in [0.25, 0.3) is 0 Å². The molecule has 1 N–H and O–H groups in total. The van der Waals surface area contributed by atoms with Crippen LogP contribution >= 0.6 is 7.82 Å². The van der Waals surface area contributed by atoms with E-state index >= 15 is 0 Å². The van der Waals surface area contributed by atoms with Gasteiger partial charge in [-0.3, -0.25) is 9.05 Å². The van der Waals surface area contributed by atoms with Crippen molar-refractivity contribution in [3.63, 3.8) is 0 Å². The third-order valence-corrected chi connectivity index (χ3v) is 1.38. The maximum absolute atomic E-state index is 10.1. The molecular weight excluding hydrogens is 220 g/mol. The Kier molecular flexibility index (Phi) is 13.6. The van der Waals surface area contributed by atoms with Crippen molar-refractivity contribution in [1.29, 1.82) is 0 Å². The summed E-state index contributed by atoms with van der Waals surface area (Å²) in [5.41, 5.74) is 0. The minimum Gasteiger partial charge on any atom is -0.303 e. The number of rotatable bonds is 2. The van der Waals surface area contributed by atoms with Crippen LogP contribution in [0.2, 0.25) is 0 Å². The van der Waals surface area contributed by atoms with E-state index in [1.165, 1.54) is 0 Å². The molecule has 4 nitrogen and oxygen atoms in total. The molecule has 0 aliphatic heterocycles. The molecule has 0 heterocycles. The summed E-state index contributed by atoms with van der Waals surface area (Å²) in [5.74, 6) is 0. The fourth-order valence-corrected chi connectivity index (χ4v) is 0.224. The second kappa shape index (κ2) is 7.32. The summed E-state index contributed by atoms with van der Waals surface area (Å²) < 4.78 is 18.0. The standard InChI is InChI=1S/C2H7O4P.CH4.Y/c1-5-7(3,4)6-2;;/h1-2H3,(H,3,4);1H4;. The molecule has 0 aromatic carbocycles. The maximum Gasteiger partial charge on any atom is 0.471 e. The topological polar surface area (TPSA) is 55.8 Å². The normalized spacial score (nSPS) is 9.22.